The fraction of sp³-hybridized carbons (Fsp3) is 0.214. The highest BCUT2D eigenvalue weighted by Gasteiger charge is 2.29. The van der Waals surface area contributed by atoms with Crippen molar-refractivity contribution in [2.24, 2.45) is 11.0 Å². The van der Waals surface area contributed by atoms with E-state index in [9.17, 15) is 18.5 Å². The minimum Gasteiger partial charge on any atom is -0.258 e. The second-order valence-electron chi connectivity index (χ2n) is 9.32. The summed E-state index contributed by atoms with van der Waals surface area (Å²) in [7, 11) is -3.55. The van der Waals surface area contributed by atoms with Crippen LogP contribution in [0.4, 0.5) is 10.8 Å². The van der Waals surface area contributed by atoms with Gasteiger partial charge in [-0.1, -0.05) is 42.5 Å². The van der Waals surface area contributed by atoms with E-state index in [1.807, 2.05) is 23.6 Å². The van der Waals surface area contributed by atoms with Crippen molar-refractivity contribution in [3.05, 3.63) is 105 Å². The largest absolute Gasteiger partial charge is 0.269 e. The number of piperidine rings is 1. The number of aromatic nitrogens is 1. The standard InChI is InChI=1S/C28H27N5O4S2/c34-33(35)25-10-6-23(7-11-25)19-29-31-28-30-27(20-38-28)24-8-12-26(13-9-24)39(36,37)32-16-14-22(15-17-32)18-21-4-2-1-3-5-21/h1-13,19-20,22H,14-18H2,(H,30,31). The van der Waals surface area contributed by atoms with E-state index >= 15 is 0 Å². The van der Waals surface area contributed by atoms with Crippen LogP contribution in [0.3, 0.4) is 0 Å². The smallest absolute Gasteiger partial charge is 0.258 e. The maximum absolute atomic E-state index is 13.2. The third-order valence-electron chi connectivity index (χ3n) is 6.71. The van der Waals surface area contributed by atoms with E-state index in [1.165, 1.54) is 29.0 Å². The lowest BCUT2D eigenvalue weighted by Gasteiger charge is -2.31. The first-order valence-corrected chi connectivity index (χ1v) is 14.8. The number of nitro groups is 1. The molecule has 0 amide bonds. The molecule has 39 heavy (non-hydrogen) atoms. The summed E-state index contributed by atoms with van der Waals surface area (Å²) in [5.74, 6) is 0.493. The fourth-order valence-corrected chi connectivity index (χ4v) is 6.69. The molecule has 1 fully saturated rings. The van der Waals surface area contributed by atoms with E-state index < -0.39 is 14.9 Å². The van der Waals surface area contributed by atoms with Gasteiger partial charge < -0.3 is 0 Å². The summed E-state index contributed by atoms with van der Waals surface area (Å²) in [5.41, 5.74) is 6.40. The molecule has 1 aromatic heterocycles. The number of non-ortho nitro benzene ring substituents is 1. The number of sulfonamides is 1. The van der Waals surface area contributed by atoms with E-state index in [1.54, 1.807) is 46.9 Å². The maximum atomic E-state index is 13.2. The summed E-state index contributed by atoms with van der Waals surface area (Å²) in [6.45, 7) is 1.06. The van der Waals surface area contributed by atoms with Gasteiger partial charge in [0, 0.05) is 36.2 Å². The van der Waals surface area contributed by atoms with Crippen molar-refractivity contribution in [2.45, 2.75) is 24.2 Å². The quantitative estimate of drug-likeness (QED) is 0.157. The van der Waals surface area contributed by atoms with E-state index in [2.05, 4.69) is 27.6 Å². The number of hydrazone groups is 1. The van der Waals surface area contributed by atoms with Gasteiger partial charge in [-0.05, 0) is 60.6 Å². The monoisotopic (exact) mass is 561 g/mol. The average molecular weight is 562 g/mol. The number of benzene rings is 3. The molecule has 0 aliphatic carbocycles. The molecule has 0 unspecified atom stereocenters. The molecule has 11 heteroatoms. The molecule has 0 radical (unpaired) electrons. The molecular weight excluding hydrogens is 534 g/mol. The lowest BCUT2D eigenvalue weighted by molar-refractivity contribution is -0.384. The summed E-state index contributed by atoms with van der Waals surface area (Å²) in [4.78, 5) is 15.1. The molecular formula is C28H27N5O4S2. The van der Waals surface area contributed by atoms with Gasteiger partial charge in [0.1, 0.15) is 0 Å². The highest BCUT2D eigenvalue weighted by Crippen LogP contribution is 2.29. The number of thiazole rings is 1. The van der Waals surface area contributed by atoms with Gasteiger partial charge in [-0.3, -0.25) is 15.5 Å². The molecule has 1 N–H and O–H groups in total. The first-order chi connectivity index (χ1) is 18.9. The van der Waals surface area contributed by atoms with Gasteiger partial charge in [-0.15, -0.1) is 11.3 Å². The minimum absolute atomic E-state index is 0.0203. The lowest BCUT2D eigenvalue weighted by Crippen LogP contribution is -2.38. The van der Waals surface area contributed by atoms with Crippen LogP contribution < -0.4 is 5.43 Å². The number of hydrogen-bond acceptors (Lipinski definition) is 8. The zero-order chi connectivity index (χ0) is 27.2. The zero-order valence-electron chi connectivity index (χ0n) is 21.0. The van der Waals surface area contributed by atoms with Crippen LogP contribution in [0.15, 0.2) is 94.2 Å². The second kappa shape index (κ2) is 11.9. The molecule has 0 spiro atoms. The molecule has 200 valence electrons. The van der Waals surface area contributed by atoms with Gasteiger partial charge >= 0.3 is 0 Å². The molecule has 3 aromatic carbocycles. The number of nitro benzene ring substituents is 1. The number of anilines is 1. The molecule has 1 aliphatic rings. The third kappa shape index (κ3) is 6.56. The van der Waals surface area contributed by atoms with Crippen LogP contribution in [0, 0.1) is 16.0 Å². The Labute approximate surface area is 231 Å². The number of nitrogens with zero attached hydrogens (tertiary/aromatic N) is 4. The fourth-order valence-electron chi connectivity index (χ4n) is 4.55. The van der Waals surface area contributed by atoms with Crippen molar-refractivity contribution in [1.29, 1.82) is 0 Å². The molecule has 1 saturated heterocycles. The third-order valence-corrected chi connectivity index (χ3v) is 9.37. The summed E-state index contributed by atoms with van der Waals surface area (Å²) in [6, 6.07) is 23.2. The summed E-state index contributed by atoms with van der Waals surface area (Å²) < 4.78 is 28.1. The Hall–Kier alpha value is -3.93. The van der Waals surface area contributed by atoms with Crippen LogP contribution in [0.1, 0.15) is 24.0 Å². The molecule has 4 aromatic rings. The van der Waals surface area contributed by atoms with Gasteiger partial charge in [0.15, 0.2) is 0 Å². The Morgan fingerprint density at radius 2 is 1.72 bits per heavy atom. The van der Waals surface area contributed by atoms with Gasteiger partial charge in [-0.2, -0.15) is 9.41 Å². The predicted molar refractivity (Wildman–Crippen MR) is 153 cm³/mol. The lowest BCUT2D eigenvalue weighted by atomic mass is 9.91. The Bertz CT molecular complexity index is 1550. The topological polar surface area (TPSA) is 118 Å². The zero-order valence-corrected chi connectivity index (χ0v) is 22.6. The highest BCUT2D eigenvalue weighted by atomic mass is 32.2. The summed E-state index contributed by atoms with van der Waals surface area (Å²) >= 11 is 1.37. The van der Waals surface area contributed by atoms with E-state index in [-0.39, 0.29) is 10.6 Å². The van der Waals surface area contributed by atoms with Crippen LogP contribution in [-0.4, -0.2) is 41.9 Å². The van der Waals surface area contributed by atoms with E-state index in [0.717, 1.165) is 24.8 Å². The Balaban J connectivity index is 1.17. The molecule has 5 rings (SSSR count). The number of hydrogen-bond donors (Lipinski definition) is 1. The molecule has 2 heterocycles. The number of nitrogens with one attached hydrogen (secondary N) is 1. The van der Waals surface area contributed by atoms with Gasteiger partial charge in [-0.25, -0.2) is 13.4 Å². The Morgan fingerprint density at radius 3 is 2.38 bits per heavy atom. The minimum atomic E-state index is -3.55. The SMILES string of the molecule is O=[N+]([O-])c1ccc(C=NNc2nc(-c3ccc(S(=O)(=O)N4CCC(Cc5ccccc5)CC4)cc3)cs2)cc1. The van der Waals surface area contributed by atoms with Gasteiger partial charge in [0.2, 0.25) is 15.2 Å². The normalized spacial score (nSPS) is 15.0. The van der Waals surface area contributed by atoms with Crippen molar-refractivity contribution in [1.82, 2.24) is 9.29 Å². The van der Waals surface area contributed by atoms with E-state index in [4.69, 9.17) is 0 Å². The van der Waals surface area contributed by atoms with Crippen LogP contribution in [0.5, 0.6) is 0 Å². The van der Waals surface area contributed by atoms with Crippen LogP contribution in [0.2, 0.25) is 0 Å². The van der Waals surface area contributed by atoms with Crippen molar-refractivity contribution in [3.8, 4) is 11.3 Å². The average Bonchev–Trinajstić information content (AvgIpc) is 3.43. The molecule has 0 saturated carbocycles. The first-order valence-electron chi connectivity index (χ1n) is 12.5. The summed E-state index contributed by atoms with van der Waals surface area (Å²) in [5, 5.41) is 17.3. The molecule has 0 atom stereocenters. The number of rotatable bonds is 9. The van der Waals surface area contributed by atoms with E-state index in [0.29, 0.717) is 35.4 Å². The second-order valence-corrected chi connectivity index (χ2v) is 12.1. The van der Waals surface area contributed by atoms with Crippen molar-refractivity contribution in [3.63, 3.8) is 0 Å². The molecule has 9 nitrogen and oxygen atoms in total. The van der Waals surface area contributed by atoms with Crippen LogP contribution in [-0.2, 0) is 16.4 Å². The van der Waals surface area contributed by atoms with Gasteiger partial charge in [0.25, 0.3) is 5.69 Å². The van der Waals surface area contributed by atoms with Crippen molar-refractivity contribution >= 4 is 38.4 Å². The predicted octanol–water partition coefficient (Wildman–Crippen LogP) is 5.81. The first kappa shape index (κ1) is 26.7. The van der Waals surface area contributed by atoms with Crippen molar-refractivity contribution in [2.75, 3.05) is 18.5 Å². The molecule has 1 aliphatic heterocycles. The van der Waals surface area contributed by atoms with Crippen molar-refractivity contribution < 1.29 is 13.3 Å². The van der Waals surface area contributed by atoms with Gasteiger partial charge in [0.05, 0.1) is 21.7 Å². The Kier molecular flexibility index (Phi) is 8.10. The van der Waals surface area contributed by atoms with Crippen LogP contribution in [0.25, 0.3) is 11.3 Å². The molecule has 0 bridgehead atoms. The highest BCUT2D eigenvalue weighted by molar-refractivity contribution is 7.89. The van der Waals surface area contributed by atoms with Crippen LogP contribution >= 0.6 is 11.3 Å². The summed E-state index contributed by atoms with van der Waals surface area (Å²) in [6.07, 6.45) is 4.24. The Morgan fingerprint density at radius 1 is 1.03 bits per heavy atom. The maximum Gasteiger partial charge on any atom is 0.269 e.